The molecule has 2 aromatic rings. The summed E-state index contributed by atoms with van der Waals surface area (Å²) in [5.41, 5.74) is 4.40. The molecule has 97 valence electrons. The van der Waals surface area contributed by atoms with Gasteiger partial charge in [-0.3, -0.25) is 0 Å². The second-order valence-corrected chi connectivity index (χ2v) is 6.15. The number of aromatic amines is 1. The van der Waals surface area contributed by atoms with Crippen molar-refractivity contribution in [3.05, 3.63) is 28.5 Å². The predicted octanol–water partition coefficient (Wildman–Crippen LogP) is 4.41. The van der Waals surface area contributed by atoms with Crippen LogP contribution in [0.2, 0.25) is 5.02 Å². The maximum absolute atomic E-state index is 6.57. The molecule has 0 unspecified atom stereocenters. The lowest BCUT2D eigenvalue weighted by Crippen LogP contribution is -2.02. The molecule has 2 nitrogen and oxygen atoms in total. The van der Waals surface area contributed by atoms with E-state index < -0.39 is 0 Å². The lowest BCUT2D eigenvalue weighted by atomic mass is 9.95. The first-order valence-electron chi connectivity index (χ1n) is 6.55. The minimum absolute atomic E-state index is 0.566. The van der Waals surface area contributed by atoms with Gasteiger partial charge in [-0.15, -0.1) is 0 Å². The number of benzene rings is 1. The van der Waals surface area contributed by atoms with E-state index in [1.807, 2.05) is 0 Å². The van der Waals surface area contributed by atoms with Gasteiger partial charge in [0.25, 0.3) is 0 Å². The third-order valence-electron chi connectivity index (χ3n) is 3.01. The molecule has 0 atom stereocenters. The molecule has 1 radical (unpaired) electrons. The average molecular weight is 264 g/mol. The molecule has 0 aliphatic heterocycles. The van der Waals surface area contributed by atoms with Gasteiger partial charge in [0.15, 0.2) is 6.33 Å². The first-order valence-corrected chi connectivity index (χ1v) is 6.92. The van der Waals surface area contributed by atoms with E-state index in [0.29, 0.717) is 11.8 Å². The van der Waals surface area contributed by atoms with Crippen LogP contribution in [-0.2, 0) is 12.8 Å². The van der Waals surface area contributed by atoms with E-state index in [9.17, 15) is 0 Å². The molecule has 0 saturated carbocycles. The van der Waals surface area contributed by atoms with Crippen molar-refractivity contribution in [2.24, 2.45) is 11.8 Å². The van der Waals surface area contributed by atoms with Crippen LogP contribution in [0.15, 0.2) is 6.07 Å². The molecule has 0 amide bonds. The highest BCUT2D eigenvalue weighted by molar-refractivity contribution is 6.33. The second kappa shape index (κ2) is 5.31. The third kappa shape index (κ3) is 2.69. The highest BCUT2D eigenvalue weighted by Crippen LogP contribution is 2.31. The summed E-state index contributed by atoms with van der Waals surface area (Å²) >= 11 is 6.57. The minimum atomic E-state index is 0.566. The van der Waals surface area contributed by atoms with E-state index in [-0.39, 0.29) is 0 Å². The van der Waals surface area contributed by atoms with Crippen molar-refractivity contribution in [1.29, 1.82) is 0 Å². The minimum Gasteiger partial charge on any atom is -0.335 e. The van der Waals surface area contributed by atoms with Crippen molar-refractivity contribution in [3.8, 4) is 0 Å². The molecule has 0 saturated heterocycles. The maximum atomic E-state index is 6.57. The largest absolute Gasteiger partial charge is 0.335 e. The van der Waals surface area contributed by atoms with Crippen molar-refractivity contribution in [2.75, 3.05) is 0 Å². The van der Waals surface area contributed by atoms with Crippen LogP contribution in [0.4, 0.5) is 0 Å². The lowest BCUT2D eigenvalue weighted by Gasteiger charge is -2.14. The Labute approximate surface area is 114 Å². The van der Waals surface area contributed by atoms with Gasteiger partial charge < -0.3 is 4.98 Å². The van der Waals surface area contributed by atoms with Gasteiger partial charge in [-0.1, -0.05) is 39.3 Å². The molecule has 3 heteroatoms. The van der Waals surface area contributed by atoms with E-state index in [0.717, 1.165) is 34.5 Å². The highest BCUT2D eigenvalue weighted by atomic mass is 35.5. The van der Waals surface area contributed by atoms with Gasteiger partial charge >= 0.3 is 0 Å². The number of nitrogens with zero attached hydrogens (tertiary/aromatic N) is 1. The molecule has 1 heterocycles. The molecular weight excluding hydrogens is 244 g/mol. The molecule has 0 spiro atoms. The van der Waals surface area contributed by atoms with Gasteiger partial charge in [0, 0.05) is 5.02 Å². The fraction of sp³-hybridized carbons (Fsp3) is 0.533. The molecule has 18 heavy (non-hydrogen) atoms. The number of aromatic nitrogens is 2. The Bertz CT molecular complexity index is 541. The average Bonchev–Trinajstić information content (AvgIpc) is 2.70. The summed E-state index contributed by atoms with van der Waals surface area (Å²) in [6.07, 6.45) is 4.78. The van der Waals surface area contributed by atoms with Crippen molar-refractivity contribution in [1.82, 2.24) is 9.97 Å². The topological polar surface area (TPSA) is 28.7 Å². The van der Waals surface area contributed by atoms with Crippen LogP contribution in [0.3, 0.4) is 0 Å². The number of halogens is 1. The van der Waals surface area contributed by atoms with Crippen LogP contribution >= 0.6 is 11.6 Å². The molecule has 1 N–H and O–H groups in total. The number of hydrogen-bond acceptors (Lipinski definition) is 1. The first-order chi connectivity index (χ1) is 8.49. The fourth-order valence-corrected chi connectivity index (χ4v) is 2.61. The van der Waals surface area contributed by atoms with Gasteiger partial charge in [0.05, 0.1) is 11.0 Å². The quantitative estimate of drug-likeness (QED) is 0.869. The molecule has 0 fully saturated rings. The smallest absolute Gasteiger partial charge is 0.174 e. The van der Waals surface area contributed by atoms with Crippen molar-refractivity contribution in [2.45, 2.75) is 40.5 Å². The zero-order valence-electron chi connectivity index (χ0n) is 11.5. The molecule has 1 aromatic heterocycles. The maximum Gasteiger partial charge on any atom is 0.174 e. The van der Waals surface area contributed by atoms with Gasteiger partial charge in [0.2, 0.25) is 0 Å². The zero-order chi connectivity index (χ0) is 13.3. The standard InChI is InChI=1S/C15H20ClN2/c1-9(2)5-11-7-13-15(18-8-17-13)12(14(11)16)6-10(3)4/h7,9-10H,5-6H2,1-4H3,(H,17,18). The Kier molecular flexibility index (Phi) is 3.96. The summed E-state index contributed by atoms with van der Waals surface area (Å²) < 4.78 is 0. The van der Waals surface area contributed by atoms with Crippen molar-refractivity contribution < 1.29 is 0 Å². The Morgan fingerprint density at radius 1 is 1.22 bits per heavy atom. The summed E-state index contributed by atoms with van der Waals surface area (Å²) in [5.74, 6) is 1.16. The summed E-state index contributed by atoms with van der Waals surface area (Å²) in [5, 5.41) is 0.894. The molecule has 0 bridgehead atoms. The van der Waals surface area contributed by atoms with E-state index in [2.05, 4.69) is 50.1 Å². The van der Waals surface area contributed by atoms with Gasteiger partial charge in [-0.2, -0.15) is 0 Å². The Morgan fingerprint density at radius 2 is 1.89 bits per heavy atom. The Morgan fingerprint density at radius 3 is 2.50 bits per heavy atom. The molecule has 0 aliphatic carbocycles. The summed E-state index contributed by atoms with van der Waals surface area (Å²) in [7, 11) is 0. The van der Waals surface area contributed by atoms with Crippen LogP contribution in [0.1, 0.15) is 38.8 Å². The molecule has 2 rings (SSSR count). The third-order valence-corrected chi connectivity index (χ3v) is 3.48. The number of imidazole rings is 1. The number of H-pyrrole nitrogens is 1. The monoisotopic (exact) mass is 263 g/mol. The van der Waals surface area contributed by atoms with Crippen LogP contribution in [0.5, 0.6) is 0 Å². The second-order valence-electron chi connectivity index (χ2n) is 5.77. The fourth-order valence-electron chi connectivity index (χ4n) is 2.32. The van der Waals surface area contributed by atoms with Crippen LogP contribution in [0.25, 0.3) is 11.0 Å². The molecule has 1 aromatic carbocycles. The van der Waals surface area contributed by atoms with Crippen molar-refractivity contribution >= 4 is 22.6 Å². The lowest BCUT2D eigenvalue weighted by molar-refractivity contribution is 0.638. The van der Waals surface area contributed by atoms with E-state index in [1.54, 1.807) is 0 Å². The van der Waals surface area contributed by atoms with Crippen LogP contribution in [0, 0.1) is 18.2 Å². The number of rotatable bonds is 4. The number of nitrogens with one attached hydrogen (secondary N) is 1. The molecule has 0 aliphatic rings. The predicted molar refractivity (Wildman–Crippen MR) is 77.0 cm³/mol. The van der Waals surface area contributed by atoms with E-state index in [1.165, 1.54) is 5.56 Å². The number of hydrogen-bond donors (Lipinski definition) is 1. The molecular formula is C15H20ClN2. The Balaban J connectivity index is 2.56. The van der Waals surface area contributed by atoms with Gasteiger partial charge in [-0.05, 0) is 41.9 Å². The zero-order valence-corrected chi connectivity index (χ0v) is 12.2. The van der Waals surface area contributed by atoms with Gasteiger partial charge in [0.1, 0.15) is 0 Å². The van der Waals surface area contributed by atoms with E-state index >= 15 is 0 Å². The summed E-state index contributed by atoms with van der Waals surface area (Å²) in [4.78, 5) is 7.37. The highest BCUT2D eigenvalue weighted by Gasteiger charge is 2.15. The SMILES string of the molecule is CC(C)Cc1cc2[nH][c]nc2c(CC(C)C)c1Cl. The first kappa shape index (κ1) is 13.4. The summed E-state index contributed by atoms with van der Waals surface area (Å²) in [6, 6.07) is 2.12. The van der Waals surface area contributed by atoms with Gasteiger partial charge in [-0.25, -0.2) is 4.98 Å². The van der Waals surface area contributed by atoms with Crippen LogP contribution in [-0.4, -0.2) is 9.97 Å². The normalized spacial score (nSPS) is 11.9. The summed E-state index contributed by atoms with van der Waals surface area (Å²) in [6.45, 7) is 8.82. The Hall–Kier alpha value is -1.02. The number of fused-ring (bicyclic) bond motifs is 1. The van der Waals surface area contributed by atoms with Crippen molar-refractivity contribution in [3.63, 3.8) is 0 Å². The van der Waals surface area contributed by atoms with Crippen LogP contribution < -0.4 is 0 Å². The van der Waals surface area contributed by atoms with E-state index in [4.69, 9.17) is 11.6 Å².